The Morgan fingerprint density at radius 2 is 2.33 bits per heavy atom. The molecule has 2 rings (SSSR count). The number of rotatable bonds is 2. The number of halogens is 1. The Morgan fingerprint density at radius 1 is 1.58 bits per heavy atom. The maximum Gasteiger partial charge on any atom is 0.217 e. The first-order valence-electron chi connectivity index (χ1n) is 4.05. The fourth-order valence-corrected chi connectivity index (χ4v) is 1.24. The molecule has 0 bridgehead atoms. The van der Waals surface area contributed by atoms with E-state index in [-0.39, 0.29) is 0 Å². The van der Waals surface area contributed by atoms with Gasteiger partial charge in [0.05, 0.1) is 0 Å². The minimum absolute atomic E-state index is 0.422. The van der Waals surface area contributed by atoms with E-state index in [1.54, 1.807) is 6.20 Å². The molecule has 0 aromatic carbocycles. The standard InChI is InChI=1S/C9H10BrNO/c1-6-8(10)4-5-11-9(6)12-7-2-3-7/h4-5,7H,2-3H2,1H3. The van der Waals surface area contributed by atoms with E-state index >= 15 is 0 Å². The van der Waals surface area contributed by atoms with E-state index in [2.05, 4.69) is 20.9 Å². The molecular formula is C9H10BrNO. The van der Waals surface area contributed by atoms with E-state index in [1.807, 2.05) is 13.0 Å². The lowest BCUT2D eigenvalue weighted by molar-refractivity contribution is 0.288. The lowest BCUT2D eigenvalue weighted by atomic mass is 10.3. The van der Waals surface area contributed by atoms with Crippen LogP contribution in [0.25, 0.3) is 0 Å². The van der Waals surface area contributed by atoms with Gasteiger partial charge in [0, 0.05) is 16.2 Å². The highest BCUT2D eigenvalue weighted by Gasteiger charge is 2.24. The zero-order valence-corrected chi connectivity index (χ0v) is 8.47. The number of hydrogen-bond acceptors (Lipinski definition) is 2. The van der Waals surface area contributed by atoms with Crippen LogP contribution >= 0.6 is 15.9 Å². The van der Waals surface area contributed by atoms with Crippen LogP contribution in [0.5, 0.6) is 5.88 Å². The molecule has 1 aromatic rings. The Labute approximate surface area is 80.1 Å². The number of pyridine rings is 1. The molecule has 0 atom stereocenters. The second-order valence-electron chi connectivity index (χ2n) is 3.04. The predicted molar refractivity (Wildman–Crippen MR) is 50.3 cm³/mol. The topological polar surface area (TPSA) is 22.1 Å². The minimum atomic E-state index is 0.422. The molecular weight excluding hydrogens is 218 g/mol. The van der Waals surface area contributed by atoms with Crippen molar-refractivity contribution in [2.75, 3.05) is 0 Å². The van der Waals surface area contributed by atoms with E-state index in [4.69, 9.17) is 4.74 Å². The molecule has 0 unspecified atom stereocenters. The summed E-state index contributed by atoms with van der Waals surface area (Å²) in [6, 6.07) is 1.93. The van der Waals surface area contributed by atoms with E-state index in [0.29, 0.717) is 6.10 Å². The molecule has 0 amide bonds. The normalized spacial score (nSPS) is 16.2. The fourth-order valence-electron chi connectivity index (χ4n) is 0.957. The second kappa shape index (κ2) is 3.05. The predicted octanol–water partition coefficient (Wildman–Crippen LogP) is 2.69. The highest BCUT2D eigenvalue weighted by molar-refractivity contribution is 9.10. The summed E-state index contributed by atoms with van der Waals surface area (Å²) < 4.78 is 6.66. The van der Waals surface area contributed by atoms with Crippen molar-refractivity contribution in [3.05, 3.63) is 22.3 Å². The number of hydrogen-bond donors (Lipinski definition) is 0. The fraction of sp³-hybridized carbons (Fsp3) is 0.444. The zero-order valence-electron chi connectivity index (χ0n) is 6.88. The molecule has 1 aliphatic carbocycles. The molecule has 12 heavy (non-hydrogen) atoms. The summed E-state index contributed by atoms with van der Waals surface area (Å²) in [7, 11) is 0. The van der Waals surface area contributed by atoms with Gasteiger partial charge in [-0.2, -0.15) is 0 Å². The summed E-state index contributed by atoms with van der Waals surface area (Å²) in [4.78, 5) is 4.17. The SMILES string of the molecule is Cc1c(Br)ccnc1OC1CC1. The molecule has 0 radical (unpaired) electrons. The first-order chi connectivity index (χ1) is 5.77. The molecule has 64 valence electrons. The van der Waals surface area contributed by atoms with Crippen LogP contribution in [-0.4, -0.2) is 11.1 Å². The third-order valence-electron chi connectivity index (χ3n) is 1.89. The van der Waals surface area contributed by atoms with Gasteiger partial charge in [0.15, 0.2) is 0 Å². The largest absolute Gasteiger partial charge is 0.474 e. The van der Waals surface area contributed by atoms with E-state index in [9.17, 15) is 0 Å². The molecule has 1 aromatic heterocycles. The average molecular weight is 228 g/mol. The van der Waals surface area contributed by atoms with Crippen LogP contribution < -0.4 is 4.74 Å². The highest BCUT2D eigenvalue weighted by Crippen LogP contribution is 2.29. The van der Waals surface area contributed by atoms with Crippen molar-refractivity contribution in [1.82, 2.24) is 4.98 Å². The average Bonchev–Trinajstić information content (AvgIpc) is 2.83. The van der Waals surface area contributed by atoms with Gasteiger partial charge >= 0.3 is 0 Å². The minimum Gasteiger partial charge on any atom is -0.474 e. The summed E-state index contributed by atoms with van der Waals surface area (Å²) in [6.07, 6.45) is 4.53. The molecule has 1 aliphatic rings. The third kappa shape index (κ3) is 1.61. The maximum atomic E-state index is 5.60. The molecule has 1 heterocycles. The molecule has 0 saturated heterocycles. The molecule has 3 heteroatoms. The van der Waals surface area contributed by atoms with E-state index < -0.39 is 0 Å². The number of nitrogens with zero attached hydrogens (tertiary/aromatic N) is 1. The van der Waals surface area contributed by atoms with Crippen molar-refractivity contribution in [3.8, 4) is 5.88 Å². The van der Waals surface area contributed by atoms with Crippen molar-refractivity contribution in [1.29, 1.82) is 0 Å². The lowest BCUT2D eigenvalue weighted by Crippen LogP contribution is -2.00. The van der Waals surface area contributed by atoms with Crippen LogP contribution in [0.15, 0.2) is 16.7 Å². The van der Waals surface area contributed by atoms with Gasteiger partial charge in [-0.1, -0.05) is 15.9 Å². The molecule has 0 spiro atoms. The van der Waals surface area contributed by atoms with Gasteiger partial charge in [0.1, 0.15) is 6.10 Å². The van der Waals surface area contributed by atoms with Crippen molar-refractivity contribution in [2.45, 2.75) is 25.9 Å². The van der Waals surface area contributed by atoms with Crippen LogP contribution in [0.1, 0.15) is 18.4 Å². The number of ether oxygens (including phenoxy) is 1. The molecule has 0 aliphatic heterocycles. The molecule has 0 N–H and O–H groups in total. The van der Waals surface area contributed by atoms with Gasteiger partial charge in [-0.3, -0.25) is 0 Å². The van der Waals surface area contributed by atoms with Crippen LogP contribution in [0, 0.1) is 6.92 Å². The third-order valence-corrected chi connectivity index (χ3v) is 2.75. The molecule has 1 fully saturated rings. The van der Waals surface area contributed by atoms with Crippen molar-refractivity contribution in [2.24, 2.45) is 0 Å². The lowest BCUT2D eigenvalue weighted by Gasteiger charge is -2.06. The second-order valence-corrected chi connectivity index (χ2v) is 3.89. The van der Waals surface area contributed by atoms with Crippen molar-refractivity contribution >= 4 is 15.9 Å². The van der Waals surface area contributed by atoms with Gasteiger partial charge in [-0.15, -0.1) is 0 Å². The van der Waals surface area contributed by atoms with Crippen molar-refractivity contribution < 1.29 is 4.74 Å². The quantitative estimate of drug-likeness (QED) is 0.776. The first-order valence-corrected chi connectivity index (χ1v) is 4.84. The van der Waals surface area contributed by atoms with Crippen molar-refractivity contribution in [3.63, 3.8) is 0 Å². The van der Waals surface area contributed by atoms with Crippen LogP contribution in [0.4, 0.5) is 0 Å². The van der Waals surface area contributed by atoms with E-state index in [0.717, 1.165) is 15.9 Å². The summed E-state index contributed by atoms with van der Waals surface area (Å²) in [5.41, 5.74) is 1.09. The number of aromatic nitrogens is 1. The Kier molecular flexibility index (Phi) is 2.05. The van der Waals surface area contributed by atoms with Gasteiger partial charge in [0.2, 0.25) is 5.88 Å². The maximum absolute atomic E-state index is 5.60. The molecule has 2 nitrogen and oxygen atoms in total. The Bertz CT molecular complexity index is 297. The Morgan fingerprint density at radius 3 is 3.00 bits per heavy atom. The monoisotopic (exact) mass is 227 g/mol. The smallest absolute Gasteiger partial charge is 0.217 e. The van der Waals surface area contributed by atoms with Crippen LogP contribution in [0.2, 0.25) is 0 Å². The Hall–Kier alpha value is -0.570. The Balaban J connectivity index is 2.23. The molecule has 1 saturated carbocycles. The van der Waals surface area contributed by atoms with Gasteiger partial charge in [0.25, 0.3) is 0 Å². The van der Waals surface area contributed by atoms with Crippen LogP contribution in [0.3, 0.4) is 0 Å². The summed E-state index contributed by atoms with van der Waals surface area (Å²) in [5.74, 6) is 0.770. The van der Waals surface area contributed by atoms with Gasteiger partial charge < -0.3 is 4.74 Å². The van der Waals surface area contributed by atoms with Crippen LogP contribution in [-0.2, 0) is 0 Å². The highest BCUT2D eigenvalue weighted by atomic mass is 79.9. The van der Waals surface area contributed by atoms with Gasteiger partial charge in [-0.25, -0.2) is 4.98 Å². The summed E-state index contributed by atoms with van der Waals surface area (Å²) in [5, 5.41) is 0. The summed E-state index contributed by atoms with van der Waals surface area (Å²) in [6.45, 7) is 2.01. The zero-order chi connectivity index (χ0) is 8.55. The van der Waals surface area contributed by atoms with Gasteiger partial charge in [-0.05, 0) is 25.8 Å². The summed E-state index contributed by atoms with van der Waals surface area (Å²) >= 11 is 3.44. The van der Waals surface area contributed by atoms with E-state index in [1.165, 1.54) is 12.8 Å². The first kappa shape index (κ1) is 8.05.